The fraction of sp³-hybridized carbons (Fsp3) is 0.0606. The summed E-state index contributed by atoms with van der Waals surface area (Å²) in [5.41, 5.74) is 8.26. The minimum Gasteiger partial charge on any atom is -0.336 e. The lowest BCUT2D eigenvalue weighted by Gasteiger charge is -2.33. The van der Waals surface area contributed by atoms with E-state index in [2.05, 4.69) is 77.7 Å². The topological polar surface area (TPSA) is 20.3 Å². The fourth-order valence-corrected chi connectivity index (χ4v) is 4.29. The molecule has 0 aliphatic carbocycles. The van der Waals surface area contributed by atoms with Crippen LogP contribution in [-0.2, 0) is 6.54 Å². The molecule has 35 heavy (non-hydrogen) atoms. The van der Waals surface area contributed by atoms with Crippen molar-refractivity contribution in [1.29, 1.82) is 0 Å². The van der Waals surface area contributed by atoms with Crippen LogP contribution in [0, 0.1) is 6.92 Å². The van der Waals surface area contributed by atoms with Crippen LogP contribution < -0.4 is 0 Å². The highest BCUT2D eigenvalue weighted by atomic mass is 16.1. The molecule has 0 bridgehead atoms. The Labute approximate surface area is 207 Å². The molecule has 0 saturated carbocycles. The Kier molecular flexibility index (Phi) is 6.54. The molecule has 0 radical (unpaired) electrons. The summed E-state index contributed by atoms with van der Waals surface area (Å²) in [4.78, 5) is 15.6. The number of rotatable bonds is 6. The van der Waals surface area contributed by atoms with Gasteiger partial charge in [0.15, 0.2) is 5.78 Å². The van der Waals surface area contributed by atoms with Crippen LogP contribution in [0.15, 0.2) is 139 Å². The van der Waals surface area contributed by atoms with E-state index < -0.39 is 0 Å². The number of benzene rings is 4. The zero-order chi connectivity index (χ0) is 24.0. The van der Waals surface area contributed by atoms with Crippen LogP contribution in [-0.4, -0.2) is 10.7 Å². The monoisotopic (exact) mass is 453 g/mol. The van der Waals surface area contributed by atoms with Gasteiger partial charge in [-0.15, -0.1) is 0 Å². The van der Waals surface area contributed by atoms with Gasteiger partial charge in [0, 0.05) is 29.6 Å². The molecule has 2 heteroatoms. The zero-order valence-corrected chi connectivity index (χ0v) is 19.8. The Morgan fingerprint density at radius 2 is 1.26 bits per heavy atom. The zero-order valence-electron chi connectivity index (χ0n) is 19.8. The van der Waals surface area contributed by atoms with Gasteiger partial charge in [-0.25, -0.2) is 0 Å². The fourth-order valence-electron chi connectivity index (χ4n) is 4.29. The first-order valence-corrected chi connectivity index (χ1v) is 11.9. The van der Waals surface area contributed by atoms with Crippen LogP contribution in [0.4, 0.5) is 0 Å². The molecule has 0 spiro atoms. The van der Waals surface area contributed by atoms with Crippen molar-refractivity contribution in [2.75, 3.05) is 0 Å². The SMILES string of the molecule is Cc1ccc(C(=O)/C=C2\C=C(c3ccccc3)C=C(c3ccccc3)N2Cc2ccccc2)cc1. The molecule has 0 aromatic heterocycles. The molecular weight excluding hydrogens is 426 g/mol. The Bertz CT molecular complexity index is 1400. The lowest BCUT2D eigenvalue weighted by molar-refractivity contribution is 0.104. The molecule has 0 amide bonds. The molecule has 0 saturated heterocycles. The molecule has 1 aliphatic heterocycles. The van der Waals surface area contributed by atoms with Gasteiger partial charge in [0.2, 0.25) is 0 Å². The highest BCUT2D eigenvalue weighted by molar-refractivity contribution is 6.06. The van der Waals surface area contributed by atoms with Gasteiger partial charge in [-0.2, -0.15) is 0 Å². The van der Waals surface area contributed by atoms with Gasteiger partial charge in [0.1, 0.15) is 0 Å². The highest BCUT2D eigenvalue weighted by Gasteiger charge is 2.22. The number of carbonyl (C=O) groups excluding carboxylic acids is 1. The number of carbonyl (C=O) groups is 1. The van der Waals surface area contributed by atoms with Crippen LogP contribution in [0.3, 0.4) is 0 Å². The summed E-state index contributed by atoms with van der Waals surface area (Å²) in [7, 11) is 0. The van der Waals surface area contributed by atoms with Crippen LogP contribution in [0.5, 0.6) is 0 Å². The van der Waals surface area contributed by atoms with Crippen molar-refractivity contribution in [2.45, 2.75) is 13.5 Å². The molecule has 4 aromatic rings. The summed E-state index contributed by atoms with van der Waals surface area (Å²) < 4.78 is 0. The average molecular weight is 454 g/mol. The van der Waals surface area contributed by atoms with Gasteiger partial charge >= 0.3 is 0 Å². The van der Waals surface area contributed by atoms with Crippen molar-refractivity contribution >= 4 is 17.1 Å². The predicted octanol–water partition coefficient (Wildman–Crippen LogP) is 7.70. The first-order chi connectivity index (χ1) is 17.2. The lowest BCUT2D eigenvalue weighted by atomic mass is 9.95. The van der Waals surface area contributed by atoms with E-state index in [1.807, 2.05) is 61.5 Å². The standard InChI is InChI=1S/C33H27NO/c1-25-17-19-29(20-18-25)33(35)23-31-21-30(27-13-7-3-8-14-27)22-32(28-15-9-4-10-16-28)34(31)24-26-11-5-2-6-12-26/h2-23H,24H2,1H3/b31-23+. The number of ketones is 1. The third kappa shape index (κ3) is 5.23. The first-order valence-electron chi connectivity index (χ1n) is 11.9. The van der Waals surface area contributed by atoms with Crippen LogP contribution in [0.2, 0.25) is 0 Å². The van der Waals surface area contributed by atoms with E-state index in [-0.39, 0.29) is 5.78 Å². The van der Waals surface area contributed by atoms with E-state index >= 15 is 0 Å². The average Bonchev–Trinajstić information content (AvgIpc) is 2.91. The van der Waals surface area contributed by atoms with E-state index in [9.17, 15) is 4.79 Å². The Morgan fingerprint density at radius 3 is 1.89 bits per heavy atom. The summed E-state index contributed by atoms with van der Waals surface area (Å²) >= 11 is 0. The quantitative estimate of drug-likeness (QED) is 0.220. The van der Waals surface area contributed by atoms with Gasteiger partial charge in [-0.1, -0.05) is 121 Å². The number of hydrogen-bond acceptors (Lipinski definition) is 2. The largest absolute Gasteiger partial charge is 0.336 e. The van der Waals surface area contributed by atoms with Crippen molar-refractivity contribution in [3.05, 3.63) is 167 Å². The van der Waals surface area contributed by atoms with Gasteiger partial charge in [-0.3, -0.25) is 4.79 Å². The van der Waals surface area contributed by atoms with Gasteiger partial charge < -0.3 is 4.90 Å². The van der Waals surface area contributed by atoms with E-state index in [1.165, 1.54) is 5.56 Å². The smallest absolute Gasteiger partial charge is 0.187 e. The number of hydrogen-bond donors (Lipinski definition) is 0. The van der Waals surface area contributed by atoms with Crippen molar-refractivity contribution in [1.82, 2.24) is 4.90 Å². The van der Waals surface area contributed by atoms with E-state index in [4.69, 9.17) is 0 Å². The molecule has 170 valence electrons. The summed E-state index contributed by atoms with van der Waals surface area (Å²) in [6.07, 6.45) is 6.12. The minimum atomic E-state index is -0.00367. The second-order valence-corrected chi connectivity index (χ2v) is 8.73. The molecule has 4 aromatic carbocycles. The second kappa shape index (κ2) is 10.2. The Hall–Kier alpha value is -4.43. The van der Waals surface area contributed by atoms with Crippen molar-refractivity contribution in [3.8, 4) is 0 Å². The third-order valence-electron chi connectivity index (χ3n) is 6.17. The molecular formula is C33H27NO. The van der Waals surface area contributed by atoms with Crippen molar-refractivity contribution in [3.63, 3.8) is 0 Å². The Morgan fingerprint density at radius 1 is 0.686 bits per heavy atom. The minimum absolute atomic E-state index is 0.00367. The summed E-state index contributed by atoms with van der Waals surface area (Å²) in [5.74, 6) is -0.00367. The van der Waals surface area contributed by atoms with Crippen molar-refractivity contribution in [2.24, 2.45) is 0 Å². The predicted molar refractivity (Wildman–Crippen MR) is 144 cm³/mol. The van der Waals surface area contributed by atoms with E-state index in [0.717, 1.165) is 33.7 Å². The number of allylic oxidation sites excluding steroid dienone is 4. The maximum Gasteiger partial charge on any atom is 0.187 e. The van der Waals surface area contributed by atoms with Gasteiger partial charge in [-0.05, 0) is 41.3 Å². The first kappa shape index (κ1) is 22.4. The molecule has 0 N–H and O–H groups in total. The third-order valence-corrected chi connectivity index (χ3v) is 6.17. The molecule has 0 unspecified atom stereocenters. The molecule has 0 fully saturated rings. The summed E-state index contributed by atoms with van der Waals surface area (Å²) in [6.45, 7) is 2.69. The van der Waals surface area contributed by atoms with Crippen molar-refractivity contribution < 1.29 is 4.79 Å². The highest BCUT2D eigenvalue weighted by Crippen LogP contribution is 2.35. The lowest BCUT2D eigenvalue weighted by Crippen LogP contribution is -2.24. The molecule has 1 aliphatic rings. The molecule has 1 heterocycles. The van der Waals surface area contributed by atoms with E-state index in [0.29, 0.717) is 12.1 Å². The number of nitrogens with zero attached hydrogens (tertiary/aromatic N) is 1. The van der Waals surface area contributed by atoms with Gasteiger partial charge in [0.25, 0.3) is 0 Å². The second-order valence-electron chi connectivity index (χ2n) is 8.73. The molecule has 2 nitrogen and oxygen atoms in total. The van der Waals surface area contributed by atoms with E-state index in [1.54, 1.807) is 6.08 Å². The van der Waals surface area contributed by atoms with Crippen LogP contribution in [0.1, 0.15) is 32.6 Å². The molecule has 5 rings (SSSR count). The van der Waals surface area contributed by atoms with Crippen LogP contribution >= 0.6 is 0 Å². The van der Waals surface area contributed by atoms with Crippen LogP contribution in [0.25, 0.3) is 11.3 Å². The Balaban J connectivity index is 1.65. The van der Waals surface area contributed by atoms with Gasteiger partial charge in [0.05, 0.1) is 0 Å². The maximum atomic E-state index is 13.4. The summed E-state index contributed by atoms with van der Waals surface area (Å²) in [5, 5.41) is 0. The normalized spacial score (nSPS) is 14.4. The summed E-state index contributed by atoms with van der Waals surface area (Å²) in [6, 6.07) is 38.8. The maximum absolute atomic E-state index is 13.4. The molecule has 0 atom stereocenters. The number of aryl methyl sites for hydroxylation is 1.